The van der Waals surface area contributed by atoms with Crippen molar-refractivity contribution in [3.8, 4) is 0 Å². The number of carboxylic acid groups (broad SMARTS) is 1. The zero-order chi connectivity index (χ0) is 14.2. The largest absolute Gasteiger partial charge is 0.481 e. The van der Waals surface area contributed by atoms with Crippen LogP contribution in [0.15, 0.2) is 11.4 Å². The van der Waals surface area contributed by atoms with Gasteiger partial charge in [0.1, 0.15) is 0 Å². The summed E-state index contributed by atoms with van der Waals surface area (Å²) in [5.41, 5.74) is 0.698. The fourth-order valence-corrected chi connectivity index (χ4v) is 4.31. The van der Waals surface area contributed by atoms with Gasteiger partial charge in [0.25, 0.3) is 0 Å². The summed E-state index contributed by atoms with van der Waals surface area (Å²) in [7, 11) is 0. The lowest BCUT2D eigenvalue weighted by molar-refractivity contribution is -0.145. The van der Waals surface area contributed by atoms with E-state index in [-0.39, 0.29) is 5.92 Å². The molecule has 20 heavy (non-hydrogen) atoms. The fourth-order valence-electron chi connectivity index (χ4n) is 3.42. The van der Waals surface area contributed by atoms with Crippen molar-refractivity contribution in [2.45, 2.75) is 44.2 Å². The lowest BCUT2D eigenvalue weighted by Gasteiger charge is -2.39. The molecule has 2 aliphatic rings. The lowest BCUT2D eigenvalue weighted by atomic mass is 9.78. The summed E-state index contributed by atoms with van der Waals surface area (Å²) in [6.07, 6.45) is 3.49. The number of carboxylic acids is 1. The highest BCUT2D eigenvalue weighted by molar-refractivity contribution is 7.10. The molecule has 5 heteroatoms. The van der Waals surface area contributed by atoms with Crippen LogP contribution in [-0.2, 0) is 17.8 Å². The van der Waals surface area contributed by atoms with Gasteiger partial charge in [-0.2, -0.15) is 0 Å². The standard InChI is InChI=1S/C15H21NO3S/c17-14(18)11-1-5-15(19,6-2-11)10-16-7-3-13-12(9-16)4-8-20-13/h4,8,11,19H,1-3,5-7,9-10H2,(H,17,18). The third kappa shape index (κ3) is 2.90. The molecule has 0 aromatic carbocycles. The van der Waals surface area contributed by atoms with Gasteiger partial charge in [0.15, 0.2) is 0 Å². The smallest absolute Gasteiger partial charge is 0.306 e. The van der Waals surface area contributed by atoms with E-state index in [4.69, 9.17) is 5.11 Å². The normalized spacial score (nSPS) is 30.9. The third-order valence-corrected chi connectivity index (χ3v) is 5.69. The van der Waals surface area contributed by atoms with Crippen LogP contribution in [0.4, 0.5) is 0 Å². The van der Waals surface area contributed by atoms with Crippen LogP contribution in [0, 0.1) is 5.92 Å². The summed E-state index contributed by atoms with van der Waals surface area (Å²) < 4.78 is 0. The lowest BCUT2D eigenvalue weighted by Crippen LogP contribution is -2.47. The molecule has 1 aromatic rings. The molecule has 2 N–H and O–H groups in total. The maximum Gasteiger partial charge on any atom is 0.306 e. The summed E-state index contributed by atoms with van der Waals surface area (Å²) in [5, 5.41) is 21.9. The second kappa shape index (κ2) is 5.47. The molecule has 2 heterocycles. The van der Waals surface area contributed by atoms with Gasteiger partial charge in [-0.1, -0.05) is 0 Å². The molecule has 110 valence electrons. The number of aliphatic carboxylic acids is 1. The number of hydrogen-bond acceptors (Lipinski definition) is 4. The van der Waals surface area contributed by atoms with Crippen LogP contribution in [0.25, 0.3) is 0 Å². The van der Waals surface area contributed by atoms with E-state index >= 15 is 0 Å². The first-order valence-electron chi connectivity index (χ1n) is 7.28. The molecule has 1 aliphatic carbocycles. The summed E-state index contributed by atoms with van der Waals surface area (Å²) in [4.78, 5) is 14.8. The average molecular weight is 295 g/mol. The highest BCUT2D eigenvalue weighted by Crippen LogP contribution is 2.34. The molecule has 0 saturated heterocycles. The summed E-state index contributed by atoms with van der Waals surface area (Å²) >= 11 is 1.82. The van der Waals surface area contributed by atoms with E-state index in [1.165, 1.54) is 10.4 Å². The minimum Gasteiger partial charge on any atom is -0.481 e. The van der Waals surface area contributed by atoms with Crippen molar-refractivity contribution in [3.05, 3.63) is 21.9 Å². The minimum atomic E-state index is -0.715. The van der Waals surface area contributed by atoms with Crippen molar-refractivity contribution in [2.24, 2.45) is 5.92 Å². The zero-order valence-corrected chi connectivity index (χ0v) is 12.4. The molecular formula is C15H21NO3S. The second-order valence-corrected chi connectivity index (χ2v) is 7.17. The van der Waals surface area contributed by atoms with E-state index in [1.54, 1.807) is 0 Å². The van der Waals surface area contributed by atoms with Gasteiger partial charge in [-0.25, -0.2) is 0 Å². The van der Waals surface area contributed by atoms with Crippen LogP contribution < -0.4 is 0 Å². The van der Waals surface area contributed by atoms with E-state index in [1.807, 2.05) is 11.3 Å². The predicted octanol–water partition coefficient (Wildman–Crippen LogP) is 2.11. The number of aliphatic hydroxyl groups is 1. The number of fused-ring (bicyclic) bond motifs is 1. The number of carbonyl (C=O) groups is 1. The van der Waals surface area contributed by atoms with Crippen LogP contribution in [0.3, 0.4) is 0 Å². The van der Waals surface area contributed by atoms with Crippen molar-refractivity contribution in [1.29, 1.82) is 0 Å². The van der Waals surface area contributed by atoms with Crippen LogP contribution in [0.1, 0.15) is 36.1 Å². The molecule has 0 bridgehead atoms. The first-order chi connectivity index (χ1) is 9.56. The van der Waals surface area contributed by atoms with E-state index in [0.29, 0.717) is 32.2 Å². The molecule has 3 rings (SSSR count). The van der Waals surface area contributed by atoms with Crippen molar-refractivity contribution in [1.82, 2.24) is 4.90 Å². The van der Waals surface area contributed by atoms with Gasteiger partial charge in [0, 0.05) is 24.5 Å². The Bertz CT molecular complexity index is 491. The second-order valence-electron chi connectivity index (χ2n) is 6.17. The quantitative estimate of drug-likeness (QED) is 0.896. The van der Waals surface area contributed by atoms with Gasteiger partial charge < -0.3 is 10.2 Å². The van der Waals surface area contributed by atoms with E-state index in [2.05, 4.69) is 16.3 Å². The number of β-amino-alcohol motifs (C(OH)–C–C–N with tert-alkyl or cyclic N) is 1. The van der Waals surface area contributed by atoms with Gasteiger partial charge in [0.05, 0.1) is 11.5 Å². The van der Waals surface area contributed by atoms with Crippen LogP contribution in [-0.4, -0.2) is 39.8 Å². The molecule has 0 unspecified atom stereocenters. The van der Waals surface area contributed by atoms with Gasteiger partial charge in [0.2, 0.25) is 0 Å². The summed E-state index contributed by atoms with van der Waals surface area (Å²) in [6, 6.07) is 2.18. The van der Waals surface area contributed by atoms with Gasteiger partial charge in [-0.3, -0.25) is 9.69 Å². The summed E-state index contributed by atoms with van der Waals surface area (Å²) in [6.45, 7) is 2.59. The molecule has 0 amide bonds. The Balaban J connectivity index is 1.57. The molecule has 1 fully saturated rings. The summed E-state index contributed by atoms with van der Waals surface area (Å²) in [5.74, 6) is -0.979. The Morgan fingerprint density at radius 1 is 1.45 bits per heavy atom. The minimum absolute atomic E-state index is 0.264. The van der Waals surface area contributed by atoms with Crippen LogP contribution in [0.5, 0.6) is 0 Å². The topological polar surface area (TPSA) is 60.8 Å². The zero-order valence-electron chi connectivity index (χ0n) is 11.5. The Kier molecular flexibility index (Phi) is 3.84. The number of hydrogen-bond donors (Lipinski definition) is 2. The van der Waals surface area contributed by atoms with Crippen LogP contribution in [0.2, 0.25) is 0 Å². The maximum absolute atomic E-state index is 11.0. The predicted molar refractivity (Wildman–Crippen MR) is 77.8 cm³/mol. The molecule has 0 spiro atoms. The molecule has 1 aromatic heterocycles. The molecule has 0 atom stereocenters. The Morgan fingerprint density at radius 3 is 2.90 bits per heavy atom. The molecule has 0 radical (unpaired) electrons. The highest BCUT2D eigenvalue weighted by Gasteiger charge is 2.37. The molecule has 4 nitrogen and oxygen atoms in total. The number of rotatable bonds is 3. The number of thiophene rings is 1. The molecule has 1 saturated carbocycles. The Labute approximate surface area is 123 Å². The van der Waals surface area contributed by atoms with Crippen molar-refractivity contribution in [2.75, 3.05) is 13.1 Å². The van der Waals surface area contributed by atoms with E-state index in [0.717, 1.165) is 19.5 Å². The van der Waals surface area contributed by atoms with Gasteiger partial charge in [-0.05, 0) is 49.1 Å². The van der Waals surface area contributed by atoms with Crippen molar-refractivity contribution < 1.29 is 15.0 Å². The SMILES string of the molecule is O=C(O)C1CCC(O)(CN2CCc3sccc3C2)CC1. The number of nitrogens with zero attached hydrogens (tertiary/aromatic N) is 1. The van der Waals surface area contributed by atoms with Gasteiger partial charge >= 0.3 is 5.97 Å². The third-order valence-electron chi connectivity index (χ3n) is 4.67. The monoisotopic (exact) mass is 295 g/mol. The maximum atomic E-state index is 11.0. The fraction of sp³-hybridized carbons (Fsp3) is 0.667. The first-order valence-corrected chi connectivity index (χ1v) is 8.16. The van der Waals surface area contributed by atoms with Crippen molar-refractivity contribution in [3.63, 3.8) is 0 Å². The molecule has 1 aliphatic heterocycles. The van der Waals surface area contributed by atoms with Gasteiger partial charge in [-0.15, -0.1) is 11.3 Å². The van der Waals surface area contributed by atoms with E-state index < -0.39 is 11.6 Å². The Hall–Kier alpha value is -0.910. The highest BCUT2D eigenvalue weighted by atomic mass is 32.1. The Morgan fingerprint density at radius 2 is 2.20 bits per heavy atom. The van der Waals surface area contributed by atoms with Crippen LogP contribution >= 0.6 is 11.3 Å². The molecular weight excluding hydrogens is 274 g/mol. The van der Waals surface area contributed by atoms with Crippen molar-refractivity contribution >= 4 is 17.3 Å². The first kappa shape index (κ1) is 14.0. The van der Waals surface area contributed by atoms with E-state index in [9.17, 15) is 9.90 Å². The average Bonchev–Trinajstić information content (AvgIpc) is 2.86.